The van der Waals surface area contributed by atoms with Crippen molar-refractivity contribution in [2.75, 3.05) is 25.0 Å². The van der Waals surface area contributed by atoms with Gasteiger partial charge in [0.2, 0.25) is 0 Å². The van der Waals surface area contributed by atoms with Gasteiger partial charge < -0.3 is 15.5 Å². The second-order valence-electron chi connectivity index (χ2n) is 5.46. The van der Waals surface area contributed by atoms with Gasteiger partial charge in [-0.2, -0.15) is 0 Å². The molecule has 2 amide bonds. The molecule has 0 saturated heterocycles. The van der Waals surface area contributed by atoms with Crippen LogP contribution in [0.2, 0.25) is 0 Å². The molecular formula is C17H20F2N3O2S+. The molecule has 1 heterocycles. The summed E-state index contributed by atoms with van der Waals surface area (Å²) in [6, 6.07) is 7.19. The van der Waals surface area contributed by atoms with Crippen LogP contribution in [-0.2, 0) is 16.1 Å². The van der Waals surface area contributed by atoms with Gasteiger partial charge in [0.1, 0.15) is 17.3 Å². The average Bonchev–Trinajstić information content (AvgIpc) is 3.09. The van der Waals surface area contributed by atoms with E-state index in [0.717, 1.165) is 17.0 Å². The summed E-state index contributed by atoms with van der Waals surface area (Å²) in [6.07, 6.45) is 0. The van der Waals surface area contributed by atoms with Gasteiger partial charge in [-0.25, -0.2) is 8.78 Å². The Balaban J connectivity index is 1.83. The summed E-state index contributed by atoms with van der Waals surface area (Å²) in [6.45, 7) is 2.85. The molecule has 0 aliphatic heterocycles. The van der Waals surface area contributed by atoms with Crippen LogP contribution in [0.5, 0.6) is 0 Å². The topological polar surface area (TPSA) is 62.6 Å². The highest BCUT2D eigenvalue weighted by Gasteiger charge is 2.19. The maximum Gasteiger partial charge on any atom is 0.279 e. The molecule has 0 spiro atoms. The van der Waals surface area contributed by atoms with Gasteiger partial charge in [-0.1, -0.05) is 12.1 Å². The Kier molecular flexibility index (Phi) is 7.03. The number of amides is 2. The van der Waals surface area contributed by atoms with Gasteiger partial charge in [-0.3, -0.25) is 9.59 Å². The van der Waals surface area contributed by atoms with Crippen molar-refractivity contribution in [3.63, 3.8) is 0 Å². The van der Waals surface area contributed by atoms with Crippen molar-refractivity contribution in [2.24, 2.45) is 0 Å². The van der Waals surface area contributed by atoms with Crippen LogP contribution >= 0.6 is 11.3 Å². The second-order valence-corrected chi connectivity index (χ2v) is 6.49. The number of para-hydroxylation sites is 1. The third-order valence-corrected chi connectivity index (χ3v) is 4.46. The normalized spacial score (nSPS) is 11.8. The van der Waals surface area contributed by atoms with Crippen LogP contribution in [-0.4, -0.2) is 31.4 Å². The van der Waals surface area contributed by atoms with E-state index in [1.54, 1.807) is 11.3 Å². The quantitative estimate of drug-likeness (QED) is 0.655. The van der Waals surface area contributed by atoms with Gasteiger partial charge in [0.15, 0.2) is 13.1 Å². The number of nitrogens with one attached hydrogen (secondary N) is 3. The SMILES string of the molecule is CC[NH+](CC(=O)NCc1cccs1)CC(=O)Nc1c(F)cccc1F. The summed E-state index contributed by atoms with van der Waals surface area (Å²) in [5, 5.41) is 6.95. The molecule has 5 nitrogen and oxygen atoms in total. The summed E-state index contributed by atoms with van der Waals surface area (Å²) < 4.78 is 27.1. The number of hydrogen-bond acceptors (Lipinski definition) is 3. The number of anilines is 1. The first kappa shape index (κ1) is 19.0. The number of halogens is 2. The first-order valence-corrected chi connectivity index (χ1v) is 8.74. The van der Waals surface area contributed by atoms with E-state index in [4.69, 9.17) is 0 Å². The number of quaternary nitrogens is 1. The molecule has 8 heteroatoms. The summed E-state index contributed by atoms with van der Waals surface area (Å²) in [5.41, 5.74) is -0.468. The Bertz CT molecular complexity index is 702. The molecule has 134 valence electrons. The zero-order valence-electron chi connectivity index (χ0n) is 13.8. The lowest BCUT2D eigenvalue weighted by Gasteiger charge is -2.17. The smallest absolute Gasteiger partial charge is 0.279 e. The number of rotatable bonds is 8. The summed E-state index contributed by atoms with van der Waals surface area (Å²) in [7, 11) is 0. The van der Waals surface area contributed by atoms with Gasteiger partial charge in [0, 0.05) is 4.88 Å². The van der Waals surface area contributed by atoms with Crippen molar-refractivity contribution in [2.45, 2.75) is 13.5 Å². The molecule has 25 heavy (non-hydrogen) atoms. The fourth-order valence-corrected chi connectivity index (χ4v) is 2.87. The van der Waals surface area contributed by atoms with Crippen LogP contribution in [0.15, 0.2) is 35.7 Å². The number of benzene rings is 1. The number of thiophene rings is 1. The standard InChI is InChI=1S/C17H19F2N3O2S/c1-2-22(10-15(23)20-9-12-5-4-8-25-12)11-16(24)21-17-13(18)6-3-7-14(17)19/h3-8H,2,9-11H2,1H3,(H,20,23)(H,21,24)/p+1. The predicted octanol–water partition coefficient (Wildman–Crippen LogP) is 1.19. The van der Waals surface area contributed by atoms with Crippen molar-refractivity contribution in [1.82, 2.24) is 5.32 Å². The molecule has 0 fully saturated rings. The highest BCUT2D eigenvalue weighted by Crippen LogP contribution is 2.17. The number of carbonyl (C=O) groups is 2. The summed E-state index contributed by atoms with van der Waals surface area (Å²) >= 11 is 1.55. The molecule has 0 bridgehead atoms. The summed E-state index contributed by atoms with van der Waals surface area (Å²) in [5.74, 6) is -2.40. The molecule has 0 saturated carbocycles. The lowest BCUT2D eigenvalue weighted by molar-refractivity contribution is -0.881. The van der Waals surface area contributed by atoms with Crippen molar-refractivity contribution in [3.8, 4) is 0 Å². The zero-order valence-corrected chi connectivity index (χ0v) is 14.6. The highest BCUT2D eigenvalue weighted by molar-refractivity contribution is 7.09. The predicted molar refractivity (Wildman–Crippen MR) is 92.4 cm³/mol. The Morgan fingerprint density at radius 3 is 2.36 bits per heavy atom. The fourth-order valence-electron chi connectivity index (χ4n) is 2.23. The van der Waals surface area contributed by atoms with E-state index in [0.29, 0.717) is 18.0 Å². The maximum absolute atomic E-state index is 13.6. The summed E-state index contributed by atoms with van der Waals surface area (Å²) in [4.78, 5) is 25.7. The van der Waals surface area contributed by atoms with Crippen LogP contribution < -0.4 is 15.5 Å². The van der Waals surface area contributed by atoms with E-state index < -0.39 is 23.2 Å². The minimum atomic E-state index is -0.833. The van der Waals surface area contributed by atoms with Gasteiger partial charge in [0.05, 0.1) is 13.1 Å². The average molecular weight is 368 g/mol. The van der Waals surface area contributed by atoms with E-state index in [-0.39, 0.29) is 19.0 Å². The Labute approximate surface area is 148 Å². The van der Waals surface area contributed by atoms with Crippen molar-refractivity contribution in [1.29, 1.82) is 0 Å². The second kappa shape index (κ2) is 9.24. The monoisotopic (exact) mass is 368 g/mol. The van der Waals surface area contributed by atoms with Crippen LogP contribution in [0.25, 0.3) is 0 Å². The molecule has 3 N–H and O–H groups in total. The first-order valence-electron chi connectivity index (χ1n) is 7.86. The number of hydrogen-bond donors (Lipinski definition) is 3. The third kappa shape index (κ3) is 5.91. The van der Waals surface area contributed by atoms with Crippen LogP contribution in [0.3, 0.4) is 0 Å². The molecule has 1 unspecified atom stereocenters. The molecule has 0 radical (unpaired) electrons. The molecule has 1 atom stereocenters. The van der Waals surface area contributed by atoms with Gasteiger partial charge in [-0.15, -0.1) is 11.3 Å². The lowest BCUT2D eigenvalue weighted by Crippen LogP contribution is -3.14. The van der Waals surface area contributed by atoms with E-state index in [1.165, 1.54) is 6.07 Å². The van der Waals surface area contributed by atoms with Crippen LogP contribution in [0, 0.1) is 11.6 Å². The van der Waals surface area contributed by atoms with Gasteiger partial charge >= 0.3 is 0 Å². The molecule has 2 rings (SSSR count). The van der Waals surface area contributed by atoms with Crippen molar-refractivity contribution < 1.29 is 23.3 Å². The highest BCUT2D eigenvalue weighted by atomic mass is 32.1. The number of likely N-dealkylation sites (N-methyl/N-ethyl adjacent to an activating group) is 1. The molecule has 0 aliphatic carbocycles. The minimum absolute atomic E-state index is 0.0588. The number of carbonyl (C=O) groups excluding carboxylic acids is 2. The maximum atomic E-state index is 13.6. The van der Waals surface area contributed by atoms with E-state index in [2.05, 4.69) is 10.6 Å². The van der Waals surface area contributed by atoms with E-state index in [1.807, 2.05) is 24.4 Å². The zero-order chi connectivity index (χ0) is 18.2. The minimum Gasteiger partial charge on any atom is -0.346 e. The molecule has 1 aromatic carbocycles. The van der Waals surface area contributed by atoms with E-state index in [9.17, 15) is 18.4 Å². The molecular weight excluding hydrogens is 348 g/mol. The molecule has 2 aromatic rings. The van der Waals surface area contributed by atoms with Crippen LogP contribution in [0.1, 0.15) is 11.8 Å². The fraction of sp³-hybridized carbons (Fsp3) is 0.294. The van der Waals surface area contributed by atoms with Crippen molar-refractivity contribution in [3.05, 3.63) is 52.2 Å². The van der Waals surface area contributed by atoms with Gasteiger partial charge in [-0.05, 0) is 30.5 Å². The Morgan fingerprint density at radius 1 is 1.08 bits per heavy atom. The van der Waals surface area contributed by atoms with E-state index >= 15 is 0 Å². The molecule has 0 aliphatic rings. The lowest BCUT2D eigenvalue weighted by atomic mass is 10.3. The Hall–Kier alpha value is -2.32. The van der Waals surface area contributed by atoms with Gasteiger partial charge in [0.25, 0.3) is 11.8 Å². The largest absolute Gasteiger partial charge is 0.346 e. The van der Waals surface area contributed by atoms with Crippen LogP contribution in [0.4, 0.5) is 14.5 Å². The van der Waals surface area contributed by atoms with Crippen molar-refractivity contribution >= 4 is 28.8 Å². The molecule has 1 aromatic heterocycles. The first-order chi connectivity index (χ1) is 12.0. The Morgan fingerprint density at radius 2 is 1.76 bits per heavy atom. The third-order valence-electron chi connectivity index (χ3n) is 3.59.